The van der Waals surface area contributed by atoms with Crippen molar-refractivity contribution in [2.75, 3.05) is 6.54 Å². The number of imidazole rings is 1. The van der Waals surface area contributed by atoms with E-state index >= 15 is 0 Å². The minimum absolute atomic E-state index is 0.191. The van der Waals surface area contributed by atoms with E-state index in [-0.39, 0.29) is 11.6 Å². The number of benzene rings is 1. The van der Waals surface area contributed by atoms with Gasteiger partial charge in [-0.25, -0.2) is 4.79 Å². The van der Waals surface area contributed by atoms with E-state index in [4.69, 9.17) is 0 Å². The lowest BCUT2D eigenvalue weighted by molar-refractivity contribution is 0.0958. The zero-order chi connectivity index (χ0) is 11.5. The molecular formula is C11H11N3O2. The normalized spacial score (nSPS) is 10.2. The van der Waals surface area contributed by atoms with Crippen LogP contribution in [0.1, 0.15) is 10.4 Å². The number of rotatable bonds is 3. The number of aromatic nitrogens is 2. The maximum absolute atomic E-state index is 11.6. The van der Waals surface area contributed by atoms with Gasteiger partial charge in [-0.2, -0.15) is 0 Å². The van der Waals surface area contributed by atoms with Crippen molar-refractivity contribution in [3.63, 3.8) is 0 Å². The van der Waals surface area contributed by atoms with E-state index in [1.807, 2.05) is 0 Å². The molecule has 0 aliphatic rings. The van der Waals surface area contributed by atoms with E-state index in [0.717, 1.165) is 0 Å². The summed E-state index contributed by atoms with van der Waals surface area (Å²) in [7, 11) is 0. The Hall–Kier alpha value is -2.30. The van der Waals surface area contributed by atoms with Crippen LogP contribution in [0.25, 0.3) is 11.0 Å². The van der Waals surface area contributed by atoms with Crippen LogP contribution in [-0.4, -0.2) is 22.4 Å². The number of hydrogen-bond acceptors (Lipinski definition) is 2. The molecule has 0 aliphatic carbocycles. The Morgan fingerprint density at radius 1 is 1.38 bits per heavy atom. The zero-order valence-electron chi connectivity index (χ0n) is 8.54. The van der Waals surface area contributed by atoms with Crippen molar-refractivity contribution in [2.45, 2.75) is 0 Å². The maximum atomic E-state index is 11.6. The van der Waals surface area contributed by atoms with Crippen molar-refractivity contribution in [2.24, 2.45) is 0 Å². The standard InChI is InChI=1S/C11H11N3O2/c1-2-5-12-10(15)7-3-4-8-9(6-7)14-11(16)13-8/h2-4,6H,1,5H2,(H,12,15)(H2,13,14,16). The van der Waals surface area contributed by atoms with Crippen LogP contribution in [0, 0.1) is 0 Å². The monoisotopic (exact) mass is 217 g/mol. The first-order valence-electron chi connectivity index (χ1n) is 4.82. The molecule has 5 heteroatoms. The van der Waals surface area contributed by atoms with Crippen LogP contribution >= 0.6 is 0 Å². The average molecular weight is 217 g/mol. The average Bonchev–Trinajstić information content (AvgIpc) is 2.64. The lowest BCUT2D eigenvalue weighted by Gasteiger charge is -2.01. The smallest absolute Gasteiger partial charge is 0.323 e. The topological polar surface area (TPSA) is 77.8 Å². The summed E-state index contributed by atoms with van der Waals surface area (Å²) < 4.78 is 0. The molecule has 0 atom stereocenters. The molecule has 0 fully saturated rings. The van der Waals surface area contributed by atoms with Crippen LogP contribution in [0.3, 0.4) is 0 Å². The van der Waals surface area contributed by atoms with E-state index in [1.165, 1.54) is 0 Å². The molecule has 3 N–H and O–H groups in total. The lowest BCUT2D eigenvalue weighted by atomic mass is 10.2. The highest BCUT2D eigenvalue weighted by Gasteiger charge is 2.06. The largest absolute Gasteiger partial charge is 0.349 e. The summed E-state index contributed by atoms with van der Waals surface area (Å²) in [5, 5.41) is 2.66. The third-order valence-corrected chi connectivity index (χ3v) is 2.19. The van der Waals surface area contributed by atoms with Crippen LogP contribution in [-0.2, 0) is 0 Å². The Morgan fingerprint density at radius 2 is 2.12 bits per heavy atom. The first-order valence-corrected chi connectivity index (χ1v) is 4.82. The second-order valence-electron chi connectivity index (χ2n) is 3.34. The molecule has 1 aromatic carbocycles. The van der Waals surface area contributed by atoms with Crippen LogP contribution in [0.4, 0.5) is 0 Å². The molecule has 1 amide bonds. The Balaban J connectivity index is 2.34. The summed E-state index contributed by atoms with van der Waals surface area (Å²) in [4.78, 5) is 27.8. The van der Waals surface area contributed by atoms with Gasteiger partial charge in [0.15, 0.2) is 0 Å². The maximum Gasteiger partial charge on any atom is 0.323 e. The molecule has 0 bridgehead atoms. The van der Waals surface area contributed by atoms with Crippen molar-refractivity contribution < 1.29 is 4.79 Å². The van der Waals surface area contributed by atoms with Crippen LogP contribution in [0.15, 0.2) is 35.6 Å². The van der Waals surface area contributed by atoms with Gasteiger partial charge in [-0.05, 0) is 18.2 Å². The predicted octanol–water partition coefficient (Wildman–Crippen LogP) is 0.772. The van der Waals surface area contributed by atoms with Gasteiger partial charge in [-0.1, -0.05) is 6.08 Å². The van der Waals surface area contributed by atoms with Crippen molar-refractivity contribution in [3.05, 3.63) is 46.9 Å². The van der Waals surface area contributed by atoms with Gasteiger partial charge in [0.2, 0.25) is 0 Å². The minimum Gasteiger partial charge on any atom is -0.349 e. The number of aromatic amines is 2. The van der Waals surface area contributed by atoms with Gasteiger partial charge in [-0.3, -0.25) is 4.79 Å². The SMILES string of the molecule is C=CCNC(=O)c1ccc2[nH]c(=O)[nH]c2c1. The van der Waals surface area contributed by atoms with Crippen molar-refractivity contribution in [3.8, 4) is 0 Å². The number of carbonyl (C=O) groups is 1. The molecule has 0 saturated heterocycles. The lowest BCUT2D eigenvalue weighted by Crippen LogP contribution is -2.22. The Bertz CT molecular complexity index is 595. The van der Waals surface area contributed by atoms with Crippen LogP contribution < -0.4 is 11.0 Å². The van der Waals surface area contributed by atoms with Gasteiger partial charge >= 0.3 is 5.69 Å². The van der Waals surface area contributed by atoms with Crippen LogP contribution in [0.5, 0.6) is 0 Å². The third-order valence-electron chi connectivity index (χ3n) is 2.19. The Labute approximate surface area is 91.2 Å². The quantitative estimate of drug-likeness (QED) is 0.664. The fourth-order valence-electron chi connectivity index (χ4n) is 1.44. The van der Waals surface area contributed by atoms with Gasteiger partial charge in [-0.15, -0.1) is 6.58 Å². The molecule has 16 heavy (non-hydrogen) atoms. The van der Waals surface area contributed by atoms with E-state index in [1.54, 1.807) is 24.3 Å². The number of amides is 1. The van der Waals surface area contributed by atoms with Crippen molar-refractivity contribution >= 4 is 16.9 Å². The van der Waals surface area contributed by atoms with Gasteiger partial charge in [0, 0.05) is 12.1 Å². The summed E-state index contributed by atoms with van der Waals surface area (Å²) in [6.07, 6.45) is 1.61. The van der Waals surface area contributed by atoms with Crippen molar-refractivity contribution in [1.82, 2.24) is 15.3 Å². The summed E-state index contributed by atoms with van der Waals surface area (Å²) in [6.45, 7) is 3.93. The molecular weight excluding hydrogens is 206 g/mol. The van der Waals surface area contributed by atoms with Gasteiger partial charge in [0.05, 0.1) is 11.0 Å². The molecule has 82 valence electrons. The summed E-state index contributed by atoms with van der Waals surface area (Å²) in [6, 6.07) is 4.98. The summed E-state index contributed by atoms with van der Waals surface area (Å²) >= 11 is 0. The molecule has 0 unspecified atom stereocenters. The highest BCUT2D eigenvalue weighted by Crippen LogP contribution is 2.09. The van der Waals surface area contributed by atoms with Gasteiger partial charge in [0.1, 0.15) is 0 Å². The molecule has 0 aliphatic heterocycles. The second-order valence-corrected chi connectivity index (χ2v) is 3.34. The predicted molar refractivity (Wildman–Crippen MR) is 61.4 cm³/mol. The molecule has 0 spiro atoms. The van der Waals surface area contributed by atoms with Crippen LogP contribution in [0.2, 0.25) is 0 Å². The first-order chi connectivity index (χ1) is 7.70. The fraction of sp³-hybridized carbons (Fsp3) is 0.0909. The fourth-order valence-corrected chi connectivity index (χ4v) is 1.44. The van der Waals surface area contributed by atoms with E-state index in [9.17, 15) is 9.59 Å². The Kier molecular flexibility index (Phi) is 2.59. The van der Waals surface area contributed by atoms with Gasteiger partial charge < -0.3 is 15.3 Å². The number of carbonyl (C=O) groups excluding carboxylic acids is 1. The minimum atomic E-state index is -0.279. The van der Waals surface area contributed by atoms with E-state index in [2.05, 4.69) is 21.9 Å². The highest BCUT2D eigenvalue weighted by molar-refractivity contribution is 5.97. The number of fused-ring (bicyclic) bond motifs is 1. The zero-order valence-corrected chi connectivity index (χ0v) is 8.54. The molecule has 1 aromatic heterocycles. The molecule has 0 radical (unpaired) electrons. The summed E-state index contributed by atoms with van der Waals surface area (Å²) in [5.41, 5.74) is 1.53. The molecule has 2 rings (SSSR count). The molecule has 1 heterocycles. The third kappa shape index (κ3) is 1.88. The van der Waals surface area contributed by atoms with Crippen molar-refractivity contribution in [1.29, 1.82) is 0 Å². The number of hydrogen-bond donors (Lipinski definition) is 3. The number of H-pyrrole nitrogens is 2. The van der Waals surface area contributed by atoms with Gasteiger partial charge in [0.25, 0.3) is 5.91 Å². The highest BCUT2D eigenvalue weighted by atomic mass is 16.1. The van der Waals surface area contributed by atoms with E-state index in [0.29, 0.717) is 23.1 Å². The molecule has 2 aromatic rings. The summed E-state index contributed by atoms with van der Waals surface area (Å²) in [5.74, 6) is -0.191. The molecule has 5 nitrogen and oxygen atoms in total. The van der Waals surface area contributed by atoms with E-state index < -0.39 is 0 Å². The molecule has 0 saturated carbocycles. The Morgan fingerprint density at radius 3 is 2.88 bits per heavy atom. The second kappa shape index (κ2) is 4.06. The number of nitrogens with one attached hydrogen (secondary N) is 3. The first kappa shape index (κ1) is 10.2.